The first-order valence-electron chi connectivity index (χ1n) is 21.6. The minimum Gasteiger partial charge on any atom is -0.455 e. The second-order valence-electron chi connectivity index (χ2n) is 16.5. The van der Waals surface area contributed by atoms with Crippen LogP contribution in [0.4, 0.5) is 17.1 Å². The highest BCUT2D eigenvalue weighted by molar-refractivity contribution is 6.20. The molecule has 0 aliphatic rings. The zero-order chi connectivity index (χ0) is 41.4. The van der Waals surface area contributed by atoms with Crippen molar-refractivity contribution in [2.45, 2.75) is 0 Å². The monoisotopic (exact) mass is 802 g/mol. The van der Waals surface area contributed by atoms with Gasteiger partial charge in [-0.05, 0) is 128 Å². The molecule has 2 heterocycles. The zero-order valence-corrected chi connectivity index (χ0v) is 34.2. The van der Waals surface area contributed by atoms with Crippen molar-refractivity contribution in [3.8, 4) is 27.9 Å². The third-order valence-corrected chi connectivity index (χ3v) is 12.9. The van der Waals surface area contributed by atoms with Crippen molar-refractivity contribution >= 4 is 93.1 Å². The van der Waals surface area contributed by atoms with Gasteiger partial charge in [-0.25, -0.2) is 0 Å². The summed E-state index contributed by atoms with van der Waals surface area (Å²) in [6.45, 7) is 0. The van der Waals surface area contributed by atoms with E-state index in [0.717, 1.165) is 66.6 Å². The smallest absolute Gasteiger partial charge is 0.143 e. The molecule has 11 aromatic carbocycles. The van der Waals surface area contributed by atoms with E-state index in [0.29, 0.717) is 0 Å². The number of hydrogen-bond donors (Lipinski definition) is 0. The maximum absolute atomic E-state index is 6.74. The van der Waals surface area contributed by atoms with Crippen LogP contribution in [0.25, 0.3) is 104 Å². The predicted octanol–water partition coefficient (Wildman–Crippen LogP) is 16.9. The van der Waals surface area contributed by atoms with Gasteiger partial charge in [-0.1, -0.05) is 152 Å². The van der Waals surface area contributed by atoms with Crippen LogP contribution in [0, 0.1) is 0 Å². The van der Waals surface area contributed by atoms with E-state index in [9.17, 15) is 0 Å². The minimum atomic E-state index is 0.862. The number of aromatic nitrogens is 1. The summed E-state index contributed by atoms with van der Waals surface area (Å²) in [5.41, 5.74) is 13.2. The molecular formula is C60H38N2O. The SMILES string of the molecule is c1ccc(-n2c3ccccc3c3cc(-c4cccc(N(c5ccc(-c6ccc7c(ccc8ccccc87)c6)cc5)c5cccc6oc7c8ccccc8ccc7c56)c4)ccc32)cc1. The first-order chi connectivity index (χ1) is 31.2. The summed E-state index contributed by atoms with van der Waals surface area (Å²) < 4.78 is 9.11. The van der Waals surface area contributed by atoms with Crippen LogP contribution in [0.15, 0.2) is 235 Å². The van der Waals surface area contributed by atoms with Crippen molar-refractivity contribution < 1.29 is 4.42 Å². The van der Waals surface area contributed by atoms with Gasteiger partial charge in [0.2, 0.25) is 0 Å². The quantitative estimate of drug-likeness (QED) is 0.156. The number of furan rings is 1. The fourth-order valence-corrected chi connectivity index (χ4v) is 9.98. The molecular weight excluding hydrogens is 765 g/mol. The van der Waals surface area contributed by atoms with Gasteiger partial charge in [0.05, 0.1) is 22.1 Å². The standard InChI is InChI=1S/C60H38N2O/c1-2-15-46(16-3-1)62-55-21-9-8-20-52(55)54-38-44(30-35-56(54)62)42-14-10-17-48(37-42)61(57-22-11-23-58-59(57)53-34-28-41-13-5-7-19-51(41)60(53)63-58)47-31-26-39(27-32-47)43-29-33-50-45(36-43)25-24-40-12-4-6-18-49(40)50/h1-38H. The highest BCUT2D eigenvalue weighted by Gasteiger charge is 2.21. The third kappa shape index (κ3) is 5.67. The molecule has 294 valence electrons. The van der Waals surface area contributed by atoms with Crippen LogP contribution in [0.1, 0.15) is 0 Å². The van der Waals surface area contributed by atoms with Gasteiger partial charge < -0.3 is 13.9 Å². The predicted molar refractivity (Wildman–Crippen MR) is 266 cm³/mol. The highest BCUT2D eigenvalue weighted by atomic mass is 16.3. The lowest BCUT2D eigenvalue weighted by atomic mass is 9.97. The molecule has 63 heavy (non-hydrogen) atoms. The van der Waals surface area contributed by atoms with Crippen molar-refractivity contribution in [1.29, 1.82) is 0 Å². The van der Waals surface area contributed by atoms with Gasteiger partial charge in [-0.15, -0.1) is 0 Å². The van der Waals surface area contributed by atoms with E-state index in [1.54, 1.807) is 0 Å². The van der Waals surface area contributed by atoms with Gasteiger partial charge in [0.25, 0.3) is 0 Å². The molecule has 0 spiro atoms. The molecule has 13 aromatic rings. The molecule has 3 heteroatoms. The summed E-state index contributed by atoms with van der Waals surface area (Å²) in [6.07, 6.45) is 0. The molecule has 0 unspecified atom stereocenters. The molecule has 0 fully saturated rings. The molecule has 2 aromatic heterocycles. The van der Waals surface area contributed by atoms with E-state index in [-0.39, 0.29) is 0 Å². The van der Waals surface area contributed by atoms with Gasteiger partial charge in [-0.3, -0.25) is 0 Å². The number of anilines is 3. The number of hydrogen-bond acceptors (Lipinski definition) is 2. The van der Waals surface area contributed by atoms with Crippen LogP contribution in [0.2, 0.25) is 0 Å². The van der Waals surface area contributed by atoms with E-state index in [1.165, 1.54) is 54.5 Å². The van der Waals surface area contributed by atoms with E-state index < -0.39 is 0 Å². The van der Waals surface area contributed by atoms with Gasteiger partial charge >= 0.3 is 0 Å². The average Bonchev–Trinajstić information content (AvgIpc) is 3.91. The lowest BCUT2D eigenvalue weighted by Crippen LogP contribution is -2.10. The van der Waals surface area contributed by atoms with Crippen molar-refractivity contribution in [2.24, 2.45) is 0 Å². The summed E-state index contributed by atoms with van der Waals surface area (Å²) in [5.74, 6) is 0. The Labute approximate surface area is 363 Å². The Kier molecular flexibility index (Phi) is 7.91. The fraction of sp³-hybridized carbons (Fsp3) is 0. The first kappa shape index (κ1) is 35.4. The van der Waals surface area contributed by atoms with Crippen molar-refractivity contribution in [1.82, 2.24) is 4.57 Å². The summed E-state index contributed by atoms with van der Waals surface area (Å²) in [5, 5.41) is 12.0. The Balaban J connectivity index is 0.974. The van der Waals surface area contributed by atoms with Gasteiger partial charge in [0.1, 0.15) is 11.2 Å². The number of benzene rings is 11. The largest absolute Gasteiger partial charge is 0.455 e. The van der Waals surface area contributed by atoms with Crippen LogP contribution >= 0.6 is 0 Å². The molecule has 3 nitrogen and oxygen atoms in total. The Morgan fingerprint density at radius 3 is 1.83 bits per heavy atom. The lowest BCUT2D eigenvalue weighted by Gasteiger charge is -2.27. The summed E-state index contributed by atoms with van der Waals surface area (Å²) in [6, 6.07) is 83.5. The number of para-hydroxylation sites is 2. The molecule has 0 radical (unpaired) electrons. The van der Waals surface area contributed by atoms with Crippen LogP contribution < -0.4 is 4.90 Å². The molecule has 0 saturated heterocycles. The summed E-state index contributed by atoms with van der Waals surface area (Å²) in [7, 11) is 0. The normalized spacial score (nSPS) is 11.8. The number of nitrogens with zero attached hydrogens (tertiary/aromatic N) is 2. The fourth-order valence-electron chi connectivity index (χ4n) is 9.98. The molecule has 0 aliphatic heterocycles. The molecule has 13 rings (SSSR count). The number of fused-ring (bicyclic) bond motifs is 11. The Morgan fingerprint density at radius 2 is 0.952 bits per heavy atom. The van der Waals surface area contributed by atoms with Gasteiger partial charge in [0.15, 0.2) is 0 Å². The van der Waals surface area contributed by atoms with E-state index in [4.69, 9.17) is 4.42 Å². The maximum Gasteiger partial charge on any atom is 0.143 e. The van der Waals surface area contributed by atoms with Crippen LogP contribution in [-0.4, -0.2) is 4.57 Å². The molecule has 0 amide bonds. The number of rotatable bonds is 6. The van der Waals surface area contributed by atoms with Crippen LogP contribution in [0.5, 0.6) is 0 Å². The van der Waals surface area contributed by atoms with Gasteiger partial charge in [-0.2, -0.15) is 0 Å². The van der Waals surface area contributed by atoms with Crippen molar-refractivity contribution in [3.05, 3.63) is 231 Å². The van der Waals surface area contributed by atoms with Crippen LogP contribution in [0.3, 0.4) is 0 Å². The molecule has 0 atom stereocenters. The van der Waals surface area contributed by atoms with E-state index >= 15 is 0 Å². The minimum absolute atomic E-state index is 0.862. The molecule has 0 N–H and O–H groups in total. The summed E-state index contributed by atoms with van der Waals surface area (Å²) in [4.78, 5) is 2.39. The maximum atomic E-state index is 6.74. The van der Waals surface area contributed by atoms with Crippen molar-refractivity contribution in [2.75, 3.05) is 4.90 Å². The first-order valence-corrected chi connectivity index (χ1v) is 21.6. The Hall–Kier alpha value is -8.40. The lowest BCUT2D eigenvalue weighted by molar-refractivity contribution is 0.672. The summed E-state index contributed by atoms with van der Waals surface area (Å²) >= 11 is 0. The van der Waals surface area contributed by atoms with Crippen molar-refractivity contribution in [3.63, 3.8) is 0 Å². The Morgan fingerprint density at radius 1 is 0.333 bits per heavy atom. The van der Waals surface area contributed by atoms with Gasteiger partial charge in [0, 0.05) is 38.6 Å². The molecule has 0 saturated carbocycles. The average molecular weight is 803 g/mol. The van der Waals surface area contributed by atoms with E-state index in [2.05, 4.69) is 240 Å². The second-order valence-corrected chi connectivity index (χ2v) is 16.5. The Bertz CT molecular complexity index is 3910. The third-order valence-electron chi connectivity index (χ3n) is 12.9. The zero-order valence-electron chi connectivity index (χ0n) is 34.2. The molecule has 0 bridgehead atoms. The highest BCUT2D eigenvalue weighted by Crippen LogP contribution is 2.46. The topological polar surface area (TPSA) is 21.3 Å². The van der Waals surface area contributed by atoms with Crippen LogP contribution in [-0.2, 0) is 0 Å². The second kappa shape index (κ2) is 14.1. The molecule has 0 aliphatic carbocycles. The van der Waals surface area contributed by atoms with E-state index in [1.807, 2.05) is 0 Å².